The van der Waals surface area contributed by atoms with Gasteiger partial charge in [-0.15, -0.1) is 0 Å². The average molecular weight is 270 g/mol. The van der Waals surface area contributed by atoms with Gasteiger partial charge >= 0.3 is 0 Å². The highest BCUT2D eigenvalue weighted by Crippen LogP contribution is 2.19. The lowest BCUT2D eigenvalue weighted by molar-refractivity contribution is 0.206. The van der Waals surface area contributed by atoms with Gasteiger partial charge in [0, 0.05) is 33.3 Å². The first-order valence-electron chi connectivity index (χ1n) is 6.08. The lowest BCUT2D eigenvalue weighted by Gasteiger charge is -2.19. The molecule has 0 saturated heterocycles. The summed E-state index contributed by atoms with van der Waals surface area (Å²) in [5, 5.41) is 4.09. The van der Waals surface area contributed by atoms with Crippen molar-refractivity contribution in [3.63, 3.8) is 0 Å². The van der Waals surface area contributed by atoms with Crippen LogP contribution in [0.1, 0.15) is 13.3 Å². The Balaban J connectivity index is 2.81. The van der Waals surface area contributed by atoms with E-state index in [1.54, 1.807) is 18.9 Å². The van der Waals surface area contributed by atoms with Crippen LogP contribution in [0, 0.1) is 0 Å². The van der Waals surface area contributed by atoms with Gasteiger partial charge in [0.15, 0.2) is 5.16 Å². The van der Waals surface area contributed by atoms with Gasteiger partial charge < -0.3 is 15.0 Å². The zero-order chi connectivity index (χ0) is 13.4. The minimum atomic E-state index is 0.687. The molecule has 0 amide bonds. The van der Waals surface area contributed by atoms with E-state index in [2.05, 4.69) is 27.1 Å². The summed E-state index contributed by atoms with van der Waals surface area (Å²) >= 11 is 1.55. The molecule has 0 aliphatic carbocycles. The van der Waals surface area contributed by atoms with Crippen LogP contribution in [-0.2, 0) is 4.74 Å². The Hall–Kier alpha value is -1.01. The maximum atomic E-state index is 5.08. The number of thioether (sulfide) groups is 1. The number of nitrogens with one attached hydrogen (secondary N) is 1. The van der Waals surface area contributed by atoms with E-state index in [9.17, 15) is 0 Å². The second-order valence-electron chi connectivity index (χ2n) is 3.94. The van der Waals surface area contributed by atoms with Crippen LogP contribution >= 0.6 is 11.8 Å². The van der Waals surface area contributed by atoms with Gasteiger partial charge in [-0.2, -0.15) is 0 Å². The number of aromatic nitrogens is 2. The molecule has 1 heterocycles. The van der Waals surface area contributed by atoms with Crippen molar-refractivity contribution in [2.75, 3.05) is 50.3 Å². The van der Waals surface area contributed by atoms with Gasteiger partial charge in [0.2, 0.25) is 0 Å². The van der Waals surface area contributed by atoms with Crippen molar-refractivity contribution in [2.24, 2.45) is 0 Å². The number of hydrogen-bond acceptors (Lipinski definition) is 6. The third-order valence-electron chi connectivity index (χ3n) is 2.45. The van der Waals surface area contributed by atoms with Crippen LogP contribution < -0.4 is 10.2 Å². The maximum Gasteiger partial charge on any atom is 0.191 e. The van der Waals surface area contributed by atoms with Crippen molar-refractivity contribution >= 4 is 23.4 Å². The summed E-state index contributed by atoms with van der Waals surface area (Å²) in [5.41, 5.74) is 0. The average Bonchev–Trinajstić information content (AvgIpc) is 2.41. The largest absolute Gasteiger partial charge is 0.383 e. The molecule has 18 heavy (non-hydrogen) atoms. The van der Waals surface area contributed by atoms with Gasteiger partial charge in [0.05, 0.1) is 6.61 Å². The summed E-state index contributed by atoms with van der Waals surface area (Å²) < 4.78 is 5.08. The van der Waals surface area contributed by atoms with E-state index in [0.29, 0.717) is 6.61 Å². The van der Waals surface area contributed by atoms with Crippen LogP contribution in [0.5, 0.6) is 0 Å². The number of anilines is 2. The van der Waals surface area contributed by atoms with Crippen LogP contribution in [0.15, 0.2) is 11.2 Å². The van der Waals surface area contributed by atoms with Gasteiger partial charge in [-0.3, -0.25) is 0 Å². The summed E-state index contributed by atoms with van der Waals surface area (Å²) in [6.07, 6.45) is 3.06. The molecule has 0 aromatic carbocycles. The van der Waals surface area contributed by atoms with Crippen molar-refractivity contribution in [2.45, 2.75) is 18.5 Å². The van der Waals surface area contributed by atoms with E-state index in [1.807, 2.05) is 19.4 Å². The second-order valence-corrected chi connectivity index (χ2v) is 4.71. The second kappa shape index (κ2) is 8.16. The third kappa shape index (κ3) is 4.70. The van der Waals surface area contributed by atoms with Crippen molar-refractivity contribution < 1.29 is 4.74 Å². The van der Waals surface area contributed by atoms with Crippen LogP contribution in [0.4, 0.5) is 11.6 Å². The molecule has 6 heteroatoms. The highest BCUT2D eigenvalue weighted by atomic mass is 32.2. The first kappa shape index (κ1) is 15.0. The molecule has 1 aromatic heterocycles. The van der Waals surface area contributed by atoms with Gasteiger partial charge in [-0.1, -0.05) is 18.7 Å². The minimum Gasteiger partial charge on any atom is -0.383 e. The van der Waals surface area contributed by atoms with Crippen LogP contribution in [0.2, 0.25) is 0 Å². The molecule has 0 fully saturated rings. The van der Waals surface area contributed by atoms with E-state index in [4.69, 9.17) is 4.74 Å². The van der Waals surface area contributed by atoms with Gasteiger partial charge in [0.1, 0.15) is 11.6 Å². The summed E-state index contributed by atoms with van der Waals surface area (Å²) in [6, 6.07) is 1.98. The summed E-state index contributed by atoms with van der Waals surface area (Å²) in [4.78, 5) is 11.0. The summed E-state index contributed by atoms with van der Waals surface area (Å²) in [5.74, 6) is 1.81. The van der Waals surface area contributed by atoms with Crippen molar-refractivity contribution in [3.05, 3.63) is 6.07 Å². The fraction of sp³-hybridized carbons (Fsp3) is 0.667. The van der Waals surface area contributed by atoms with E-state index in [0.717, 1.165) is 36.3 Å². The highest BCUT2D eigenvalue weighted by Gasteiger charge is 2.07. The predicted molar refractivity (Wildman–Crippen MR) is 77.7 cm³/mol. The maximum absolute atomic E-state index is 5.08. The fourth-order valence-corrected chi connectivity index (χ4v) is 1.76. The number of rotatable bonds is 8. The summed E-state index contributed by atoms with van der Waals surface area (Å²) in [7, 11) is 3.71. The fourth-order valence-electron chi connectivity index (χ4n) is 1.39. The topological polar surface area (TPSA) is 50.3 Å². The number of likely N-dealkylation sites (N-methyl/N-ethyl adjacent to an activating group) is 1. The highest BCUT2D eigenvalue weighted by molar-refractivity contribution is 7.98. The SMILES string of the molecule is CCCNc1cc(N(C)CCOC)nc(SC)n1. The number of methoxy groups -OCH3 is 1. The van der Waals surface area contributed by atoms with Crippen molar-refractivity contribution in [1.82, 2.24) is 9.97 Å². The molecule has 0 unspecified atom stereocenters. The Morgan fingerprint density at radius 1 is 1.44 bits per heavy atom. The first-order valence-corrected chi connectivity index (χ1v) is 7.30. The van der Waals surface area contributed by atoms with E-state index in [-0.39, 0.29) is 0 Å². The molecule has 0 aliphatic heterocycles. The minimum absolute atomic E-state index is 0.687. The Morgan fingerprint density at radius 2 is 2.22 bits per heavy atom. The molecule has 0 atom stereocenters. The molecule has 102 valence electrons. The molecule has 1 N–H and O–H groups in total. The van der Waals surface area contributed by atoms with Gasteiger partial charge in [-0.25, -0.2) is 9.97 Å². The zero-order valence-electron chi connectivity index (χ0n) is 11.6. The zero-order valence-corrected chi connectivity index (χ0v) is 12.4. The van der Waals surface area contributed by atoms with Gasteiger partial charge in [0.25, 0.3) is 0 Å². The van der Waals surface area contributed by atoms with Crippen molar-refractivity contribution in [3.8, 4) is 0 Å². The van der Waals surface area contributed by atoms with E-state index < -0.39 is 0 Å². The number of ether oxygens (including phenoxy) is 1. The lowest BCUT2D eigenvalue weighted by Crippen LogP contribution is -2.23. The van der Waals surface area contributed by atoms with Crippen LogP contribution in [-0.4, -0.2) is 50.1 Å². The molecular formula is C12H22N4OS. The first-order chi connectivity index (χ1) is 8.71. The van der Waals surface area contributed by atoms with Crippen LogP contribution in [0.3, 0.4) is 0 Å². The Kier molecular flexibility index (Phi) is 6.82. The molecule has 1 rings (SSSR count). The van der Waals surface area contributed by atoms with E-state index in [1.165, 1.54) is 0 Å². The Bertz CT molecular complexity index is 362. The number of hydrogen-bond donors (Lipinski definition) is 1. The smallest absolute Gasteiger partial charge is 0.191 e. The Labute approximate surface area is 113 Å². The predicted octanol–water partition coefficient (Wildman–Crippen LogP) is 2.10. The lowest BCUT2D eigenvalue weighted by atomic mass is 10.4. The van der Waals surface area contributed by atoms with Crippen LogP contribution in [0.25, 0.3) is 0 Å². The molecule has 5 nitrogen and oxygen atoms in total. The molecule has 0 radical (unpaired) electrons. The standard InChI is InChI=1S/C12H22N4OS/c1-5-6-13-10-9-11(15-12(14-10)18-4)16(2)7-8-17-3/h9H,5-8H2,1-4H3,(H,13,14,15). The molecule has 0 saturated carbocycles. The molecular weight excluding hydrogens is 248 g/mol. The molecule has 0 spiro atoms. The monoisotopic (exact) mass is 270 g/mol. The summed E-state index contributed by atoms with van der Waals surface area (Å²) in [6.45, 7) is 4.56. The molecule has 0 aliphatic rings. The normalized spacial score (nSPS) is 10.4. The van der Waals surface area contributed by atoms with Crippen molar-refractivity contribution in [1.29, 1.82) is 0 Å². The van der Waals surface area contributed by atoms with E-state index >= 15 is 0 Å². The molecule has 0 bridgehead atoms. The molecule has 1 aromatic rings. The Morgan fingerprint density at radius 3 is 2.83 bits per heavy atom. The quantitative estimate of drug-likeness (QED) is 0.577. The number of nitrogens with zero attached hydrogens (tertiary/aromatic N) is 3. The third-order valence-corrected chi connectivity index (χ3v) is 3.00. The van der Waals surface area contributed by atoms with Gasteiger partial charge in [-0.05, 0) is 12.7 Å².